The number of hydrogen-bond donors (Lipinski definition) is 3. The van der Waals surface area contributed by atoms with E-state index in [0.29, 0.717) is 0 Å². The largest absolute Gasteiger partial charge is 0.354 e. The number of fused-ring (bicyclic) bond motifs is 2. The van der Waals surface area contributed by atoms with E-state index in [-0.39, 0.29) is 0 Å². The monoisotopic (exact) mass is 287 g/mol. The van der Waals surface area contributed by atoms with Gasteiger partial charge in [-0.25, -0.2) is 0 Å². The molecule has 2 aromatic carbocycles. The first-order valence-corrected chi connectivity index (χ1v) is 7.70. The maximum atomic E-state index is 3.53. The van der Waals surface area contributed by atoms with Crippen LogP contribution in [-0.4, -0.2) is 28.2 Å². The number of anilines is 2. The van der Waals surface area contributed by atoms with Crippen LogP contribution >= 0.6 is 11.8 Å². The lowest BCUT2D eigenvalue weighted by Crippen LogP contribution is -3.00. The molecule has 3 N–H and O–H groups in total. The molecule has 0 bridgehead atoms. The molecule has 1 heterocycles. The second-order valence-corrected chi connectivity index (χ2v) is 6.73. The molecule has 0 amide bonds. The van der Waals surface area contributed by atoms with Crippen LogP contribution in [0.1, 0.15) is 0 Å². The zero-order valence-electron chi connectivity index (χ0n) is 12.4. The van der Waals surface area contributed by atoms with Gasteiger partial charge in [-0.3, -0.25) is 0 Å². The Bertz CT molecular complexity index is 595. The van der Waals surface area contributed by atoms with Gasteiger partial charge in [0.2, 0.25) is 0 Å². The maximum absolute atomic E-state index is 3.53. The highest BCUT2D eigenvalue weighted by atomic mass is 32.2. The van der Waals surface area contributed by atoms with Gasteiger partial charge in [0.05, 0.1) is 39.6 Å². The third-order valence-electron chi connectivity index (χ3n) is 3.61. The second-order valence-electron chi connectivity index (χ2n) is 5.65. The molecule has 3 nitrogen and oxygen atoms in total. The molecular weight excluding hydrogens is 266 g/mol. The fourth-order valence-corrected chi connectivity index (χ4v) is 3.37. The van der Waals surface area contributed by atoms with E-state index in [1.807, 2.05) is 11.8 Å². The van der Waals surface area contributed by atoms with Gasteiger partial charge in [0.1, 0.15) is 11.4 Å². The minimum Gasteiger partial charge on any atom is -0.354 e. The average Bonchev–Trinajstić information content (AvgIpc) is 2.43. The highest BCUT2D eigenvalue weighted by molar-refractivity contribution is 7.99. The summed E-state index contributed by atoms with van der Waals surface area (Å²) in [5.41, 5.74) is 5.04. The summed E-state index contributed by atoms with van der Waals surface area (Å²) in [5.74, 6) is 0. The molecule has 0 aliphatic carbocycles. The fraction of sp³-hybridized carbons (Fsp3) is 0.250. The molecule has 2 aromatic rings. The number of quaternary nitrogens is 2. The lowest BCUT2D eigenvalue weighted by molar-refractivity contribution is -0.786. The molecule has 0 aromatic heterocycles. The van der Waals surface area contributed by atoms with Crippen molar-refractivity contribution < 1.29 is 9.80 Å². The van der Waals surface area contributed by atoms with Crippen molar-refractivity contribution in [3.05, 3.63) is 36.4 Å². The van der Waals surface area contributed by atoms with E-state index < -0.39 is 0 Å². The van der Waals surface area contributed by atoms with Gasteiger partial charge in [-0.1, -0.05) is 11.8 Å². The molecule has 1 aliphatic heterocycles. The molecule has 0 atom stereocenters. The molecular formula is C16H21N3S+2. The summed E-state index contributed by atoms with van der Waals surface area (Å²) in [6.45, 7) is 0. The van der Waals surface area contributed by atoms with Crippen LogP contribution in [0.4, 0.5) is 22.7 Å². The Morgan fingerprint density at radius 1 is 0.750 bits per heavy atom. The SMILES string of the molecule is C[NH+](C)c1ccc2c(c1)Sc1cc([NH+](C)C)ccc1N2. The quantitative estimate of drug-likeness (QED) is 0.663. The van der Waals surface area contributed by atoms with Crippen LogP contribution in [0, 0.1) is 0 Å². The third kappa shape index (κ3) is 2.42. The van der Waals surface area contributed by atoms with Crippen LogP contribution in [0.5, 0.6) is 0 Å². The smallest absolute Gasteiger partial charge is 0.132 e. The molecule has 0 fully saturated rings. The molecule has 104 valence electrons. The van der Waals surface area contributed by atoms with Crippen molar-refractivity contribution in [3.8, 4) is 0 Å². The Morgan fingerprint density at radius 2 is 1.20 bits per heavy atom. The van der Waals surface area contributed by atoms with E-state index in [4.69, 9.17) is 0 Å². The van der Waals surface area contributed by atoms with Gasteiger partial charge >= 0.3 is 0 Å². The zero-order valence-corrected chi connectivity index (χ0v) is 13.2. The van der Waals surface area contributed by atoms with E-state index in [0.717, 1.165) is 0 Å². The zero-order chi connectivity index (χ0) is 14.3. The van der Waals surface area contributed by atoms with E-state index >= 15 is 0 Å². The Kier molecular flexibility index (Phi) is 3.46. The summed E-state index contributed by atoms with van der Waals surface area (Å²) in [7, 11) is 8.63. The average molecular weight is 287 g/mol. The Morgan fingerprint density at radius 3 is 1.60 bits per heavy atom. The summed E-state index contributed by atoms with van der Waals surface area (Å²) >= 11 is 1.86. The summed E-state index contributed by atoms with van der Waals surface area (Å²) in [6.07, 6.45) is 0. The van der Waals surface area contributed by atoms with Gasteiger partial charge in [0, 0.05) is 34.1 Å². The molecule has 0 saturated heterocycles. The number of nitrogens with one attached hydrogen (secondary N) is 3. The topological polar surface area (TPSA) is 20.9 Å². The molecule has 20 heavy (non-hydrogen) atoms. The summed E-state index contributed by atoms with van der Waals surface area (Å²) < 4.78 is 0. The van der Waals surface area contributed by atoms with Crippen LogP contribution < -0.4 is 15.1 Å². The highest BCUT2D eigenvalue weighted by Crippen LogP contribution is 2.45. The minimum atomic E-state index is 1.21. The van der Waals surface area contributed by atoms with Crippen molar-refractivity contribution in [1.82, 2.24) is 0 Å². The van der Waals surface area contributed by atoms with Crippen molar-refractivity contribution in [3.63, 3.8) is 0 Å². The van der Waals surface area contributed by atoms with Gasteiger partial charge in [0.15, 0.2) is 0 Å². The van der Waals surface area contributed by atoms with E-state index in [1.54, 1.807) is 0 Å². The third-order valence-corrected chi connectivity index (χ3v) is 4.72. The normalized spacial score (nSPS) is 13.1. The van der Waals surface area contributed by atoms with E-state index in [1.165, 1.54) is 42.3 Å². The molecule has 3 rings (SSSR count). The second kappa shape index (κ2) is 5.13. The van der Waals surface area contributed by atoms with Gasteiger partial charge in [-0.05, 0) is 12.1 Å². The first-order valence-electron chi connectivity index (χ1n) is 6.88. The first-order chi connectivity index (χ1) is 9.54. The van der Waals surface area contributed by atoms with Crippen molar-refractivity contribution in [2.24, 2.45) is 0 Å². The van der Waals surface area contributed by atoms with E-state index in [9.17, 15) is 0 Å². The Labute approximate surface area is 124 Å². The predicted octanol–water partition coefficient (Wildman–Crippen LogP) is 1.45. The van der Waals surface area contributed by atoms with Gasteiger partial charge in [0.25, 0.3) is 0 Å². The number of rotatable bonds is 2. The summed E-state index contributed by atoms with van der Waals surface area (Å²) in [4.78, 5) is 5.32. The molecule has 4 heteroatoms. The standard InChI is InChI=1S/C16H19N3S/c1-18(2)11-5-7-13-15(9-11)20-16-10-12(19(3)4)6-8-14(16)17-13/h5-10,17H,1-4H3/p+2. The molecule has 0 unspecified atom stereocenters. The first kappa shape index (κ1) is 13.5. The number of hydrogen-bond acceptors (Lipinski definition) is 2. The van der Waals surface area contributed by atoms with Gasteiger partial charge in [-0.2, -0.15) is 0 Å². The maximum Gasteiger partial charge on any atom is 0.132 e. The molecule has 0 saturated carbocycles. The van der Waals surface area contributed by atoms with E-state index in [2.05, 4.69) is 69.9 Å². The summed E-state index contributed by atoms with van der Waals surface area (Å²) in [5, 5.41) is 3.53. The number of benzene rings is 2. The van der Waals surface area contributed by atoms with Crippen LogP contribution in [0.15, 0.2) is 46.2 Å². The van der Waals surface area contributed by atoms with Crippen molar-refractivity contribution in [2.75, 3.05) is 33.5 Å². The van der Waals surface area contributed by atoms with Crippen molar-refractivity contribution in [2.45, 2.75) is 9.79 Å². The van der Waals surface area contributed by atoms with Crippen LogP contribution in [0.2, 0.25) is 0 Å². The lowest BCUT2D eigenvalue weighted by atomic mass is 10.2. The van der Waals surface area contributed by atoms with Crippen LogP contribution in [0.25, 0.3) is 0 Å². The molecule has 0 radical (unpaired) electrons. The molecule has 0 spiro atoms. The Hall–Kier alpha value is -1.49. The fourth-order valence-electron chi connectivity index (χ4n) is 2.31. The van der Waals surface area contributed by atoms with Gasteiger partial charge < -0.3 is 15.1 Å². The van der Waals surface area contributed by atoms with Crippen molar-refractivity contribution >= 4 is 34.5 Å². The highest BCUT2D eigenvalue weighted by Gasteiger charge is 2.18. The predicted molar refractivity (Wildman–Crippen MR) is 85.2 cm³/mol. The summed E-state index contributed by atoms with van der Waals surface area (Å²) in [6, 6.07) is 13.3. The van der Waals surface area contributed by atoms with Crippen LogP contribution in [0.3, 0.4) is 0 Å². The molecule has 1 aliphatic rings. The minimum absolute atomic E-state index is 1.21. The van der Waals surface area contributed by atoms with Crippen LogP contribution in [-0.2, 0) is 0 Å². The van der Waals surface area contributed by atoms with Crippen molar-refractivity contribution in [1.29, 1.82) is 0 Å². The van der Waals surface area contributed by atoms with Gasteiger partial charge in [-0.15, -0.1) is 0 Å². The Balaban J connectivity index is 1.99. The lowest BCUT2D eigenvalue weighted by Gasteiger charge is -2.22.